The quantitative estimate of drug-likeness (QED) is 0.565. The van der Waals surface area contributed by atoms with E-state index in [-0.39, 0.29) is 18.2 Å². The van der Waals surface area contributed by atoms with E-state index in [9.17, 15) is 9.59 Å². The van der Waals surface area contributed by atoms with E-state index in [0.29, 0.717) is 31.5 Å². The summed E-state index contributed by atoms with van der Waals surface area (Å²) in [6.45, 7) is 9.28. The molecule has 5 nitrogen and oxygen atoms in total. The molecule has 1 atom stereocenters. The maximum atomic E-state index is 11.6. The smallest absolute Gasteiger partial charge is 0.303 e. The van der Waals surface area contributed by atoms with Gasteiger partial charge in [0.15, 0.2) is 0 Å². The van der Waals surface area contributed by atoms with Gasteiger partial charge in [0, 0.05) is 32.0 Å². The molecule has 0 aliphatic heterocycles. The van der Waals surface area contributed by atoms with Crippen molar-refractivity contribution in [1.82, 2.24) is 10.6 Å². The summed E-state index contributed by atoms with van der Waals surface area (Å²) in [4.78, 5) is 22.4. The van der Waals surface area contributed by atoms with E-state index in [0.717, 1.165) is 6.42 Å². The SMILES string of the molecule is CC(C)C[C@H](CNC(=O)CCNC(C)C)CC(=O)O. The van der Waals surface area contributed by atoms with Crippen LogP contribution >= 0.6 is 0 Å². The van der Waals surface area contributed by atoms with Gasteiger partial charge in [-0.15, -0.1) is 0 Å². The van der Waals surface area contributed by atoms with Crippen molar-refractivity contribution in [3.05, 3.63) is 0 Å². The Morgan fingerprint density at radius 3 is 2.26 bits per heavy atom. The molecule has 3 N–H and O–H groups in total. The first-order valence-electron chi connectivity index (χ1n) is 7.03. The van der Waals surface area contributed by atoms with Crippen LogP contribution in [0.15, 0.2) is 0 Å². The predicted molar refractivity (Wildman–Crippen MR) is 76.0 cm³/mol. The molecule has 0 aromatic carbocycles. The topological polar surface area (TPSA) is 78.4 Å². The first kappa shape index (κ1) is 17.9. The summed E-state index contributed by atoms with van der Waals surface area (Å²) in [6.07, 6.45) is 1.36. The average Bonchev–Trinajstić information content (AvgIpc) is 2.23. The summed E-state index contributed by atoms with van der Waals surface area (Å²) < 4.78 is 0. The van der Waals surface area contributed by atoms with Crippen molar-refractivity contribution in [3.63, 3.8) is 0 Å². The first-order chi connectivity index (χ1) is 8.81. The number of carbonyl (C=O) groups is 2. The van der Waals surface area contributed by atoms with Crippen LogP contribution in [-0.2, 0) is 9.59 Å². The lowest BCUT2D eigenvalue weighted by Crippen LogP contribution is -2.34. The van der Waals surface area contributed by atoms with Crippen LogP contribution in [0.1, 0.15) is 47.0 Å². The van der Waals surface area contributed by atoms with Crippen LogP contribution in [-0.4, -0.2) is 36.1 Å². The van der Waals surface area contributed by atoms with Crippen LogP contribution in [0.3, 0.4) is 0 Å². The van der Waals surface area contributed by atoms with E-state index in [4.69, 9.17) is 5.11 Å². The third-order valence-electron chi connectivity index (χ3n) is 2.76. The van der Waals surface area contributed by atoms with Crippen LogP contribution < -0.4 is 10.6 Å². The molecular formula is C14H28N2O3. The highest BCUT2D eigenvalue weighted by Gasteiger charge is 2.15. The Kier molecular flexibility index (Phi) is 9.21. The molecule has 0 aliphatic rings. The second-order valence-corrected chi connectivity index (χ2v) is 5.76. The monoisotopic (exact) mass is 272 g/mol. The minimum Gasteiger partial charge on any atom is -0.481 e. The van der Waals surface area contributed by atoms with E-state index >= 15 is 0 Å². The zero-order valence-electron chi connectivity index (χ0n) is 12.5. The van der Waals surface area contributed by atoms with Crippen LogP contribution in [0.2, 0.25) is 0 Å². The maximum absolute atomic E-state index is 11.6. The second-order valence-electron chi connectivity index (χ2n) is 5.76. The van der Waals surface area contributed by atoms with Gasteiger partial charge in [0.1, 0.15) is 0 Å². The van der Waals surface area contributed by atoms with E-state index < -0.39 is 5.97 Å². The lowest BCUT2D eigenvalue weighted by molar-refractivity contribution is -0.138. The van der Waals surface area contributed by atoms with Crippen molar-refractivity contribution in [2.45, 2.75) is 53.0 Å². The number of carboxylic acids is 1. The standard InChI is InChI=1S/C14H28N2O3/c1-10(2)7-12(8-14(18)19)9-16-13(17)5-6-15-11(3)4/h10-12,15H,5-9H2,1-4H3,(H,16,17)(H,18,19)/t12-/m0/s1. The minimum absolute atomic E-state index is 0.0134. The van der Waals surface area contributed by atoms with Gasteiger partial charge in [0.2, 0.25) is 5.91 Å². The first-order valence-corrected chi connectivity index (χ1v) is 7.03. The van der Waals surface area contributed by atoms with E-state index in [1.165, 1.54) is 0 Å². The summed E-state index contributed by atoms with van der Waals surface area (Å²) in [6, 6.07) is 0.369. The molecule has 0 rings (SSSR count). The van der Waals surface area contributed by atoms with Crippen LogP contribution in [0.4, 0.5) is 0 Å². The third-order valence-corrected chi connectivity index (χ3v) is 2.76. The molecule has 0 unspecified atom stereocenters. The fourth-order valence-corrected chi connectivity index (χ4v) is 1.97. The number of carboxylic acid groups (broad SMARTS) is 1. The van der Waals surface area contributed by atoms with Gasteiger partial charge in [-0.05, 0) is 18.3 Å². The van der Waals surface area contributed by atoms with Gasteiger partial charge in [-0.25, -0.2) is 0 Å². The summed E-state index contributed by atoms with van der Waals surface area (Å²) in [5, 5.41) is 14.8. The molecule has 0 heterocycles. The van der Waals surface area contributed by atoms with Crippen LogP contribution in [0.5, 0.6) is 0 Å². The Hall–Kier alpha value is -1.10. The van der Waals surface area contributed by atoms with E-state index in [2.05, 4.69) is 24.5 Å². The van der Waals surface area contributed by atoms with Crippen LogP contribution in [0, 0.1) is 11.8 Å². The van der Waals surface area contributed by atoms with Crippen molar-refractivity contribution in [2.24, 2.45) is 11.8 Å². The van der Waals surface area contributed by atoms with E-state index in [1.807, 2.05) is 13.8 Å². The van der Waals surface area contributed by atoms with E-state index in [1.54, 1.807) is 0 Å². The van der Waals surface area contributed by atoms with Crippen molar-refractivity contribution < 1.29 is 14.7 Å². The van der Waals surface area contributed by atoms with Gasteiger partial charge >= 0.3 is 5.97 Å². The largest absolute Gasteiger partial charge is 0.481 e. The van der Waals surface area contributed by atoms with Crippen molar-refractivity contribution in [2.75, 3.05) is 13.1 Å². The molecule has 0 aromatic heterocycles. The second kappa shape index (κ2) is 9.78. The number of hydrogen-bond acceptors (Lipinski definition) is 3. The molecule has 5 heteroatoms. The van der Waals surface area contributed by atoms with Crippen LogP contribution in [0.25, 0.3) is 0 Å². The lowest BCUT2D eigenvalue weighted by Gasteiger charge is -2.18. The third kappa shape index (κ3) is 11.7. The molecule has 0 spiro atoms. The molecule has 0 aromatic rings. The molecule has 0 aliphatic carbocycles. The molecule has 0 radical (unpaired) electrons. The highest BCUT2D eigenvalue weighted by Crippen LogP contribution is 2.14. The average molecular weight is 272 g/mol. The molecular weight excluding hydrogens is 244 g/mol. The summed E-state index contributed by atoms with van der Waals surface area (Å²) in [7, 11) is 0. The van der Waals surface area contributed by atoms with Crippen molar-refractivity contribution in [1.29, 1.82) is 0 Å². The molecule has 19 heavy (non-hydrogen) atoms. The van der Waals surface area contributed by atoms with Gasteiger partial charge in [-0.2, -0.15) is 0 Å². The minimum atomic E-state index is -0.804. The van der Waals surface area contributed by atoms with Crippen molar-refractivity contribution in [3.8, 4) is 0 Å². The zero-order valence-corrected chi connectivity index (χ0v) is 12.5. The fourth-order valence-electron chi connectivity index (χ4n) is 1.97. The Labute approximate surface area is 116 Å². The summed E-state index contributed by atoms with van der Waals surface area (Å²) >= 11 is 0. The Bertz CT molecular complexity index is 278. The number of rotatable bonds is 10. The van der Waals surface area contributed by atoms with Gasteiger partial charge in [0.05, 0.1) is 0 Å². The fraction of sp³-hybridized carbons (Fsp3) is 0.857. The van der Waals surface area contributed by atoms with Gasteiger partial charge < -0.3 is 15.7 Å². The zero-order chi connectivity index (χ0) is 14.8. The Morgan fingerprint density at radius 2 is 1.79 bits per heavy atom. The number of aliphatic carboxylic acids is 1. The Balaban J connectivity index is 3.95. The molecule has 1 amide bonds. The predicted octanol–water partition coefficient (Wildman–Crippen LogP) is 1.63. The molecule has 0 saturated heterocycles. The van der Waals surface area contributed by atoms with Crippen molar-refractivity contribution >= 4 is 11.9 Å². The van der Waals surface area contributed by atoms with Gasteiger partial charge in [0.25, 0.3) is 0 Å². The molecule has 0 bridgehead atoms. The summed E-state index contributed by atoms with van der Waals surface area (Å²) in [5.41, 5.74) is 0. The maximum Gasteiger partial charge on any atom is 0.303 e. The number of amides is 1. The number of carbonyl (C=O) groups excluding carboxylic acids is 1. The normalized spacial score (nSPS) is 12.7. The summed E-state index contributed by atoms with van der Waals surface area (Å²) in [5.74, 6) is -0.378. The molecule has 0 fully saturated rings. The molecule has 112 valence electrons. The van der Waals surface area contributed by atoms with Gasteiger partial charge in [-0.3, -0.25) is 9.59 Å². The number of nitrogens with one attached hydrogen (secondary N) is 2. The Morgan fingerprint density at radius 1 is 1.16 bits per heavy atom. The lowest BCUT2D eigenvalue weighted by atomic mass is 9.94. The molecule has 0 saturated carbocycles. The highest BCUT2D eigenvalue weighted by molar-refractivity contribution is 5.76. The number of hydrogen-bond donors (Lipinski definition) is 3. The van der Waals surface area contributed by atoms with Gasteiger partial charge in [-0.1, -0.05) is 27.7 Å². The highest BCUT2D eigenvalue weighted by atomic mass is 16.4.